The minimum absolute atomic E-state index is 0.209. The van der Waals surface area contributed by atoms with E-state index in [0.29, 0.717) is 30.2 Å². The standard InChI is InChI=1S/C33H33N3O6S/c1-21(2)25-10-6-7-11-26(25)34-30(37)20-42-27-13-12-22(16-28(27)41-3)17-29-32(39)36(33(40)43-29)19-31(38)35-15-14-23-8-4-5-9-24(23)18-35/h4-13,16-17,21H,14-15,18-20H2,1-3H3,(H,34,37)/b29-17-. The monoisotopic (exact) mass is 599 g/mol. The number of anilines is 1. The summed E-state index contributed by atoms with van der Waals surface area (Å²) in [5, 5.41) is 2.41. The van der Waals surface area contributed by atoms with Gasteiger partial charge < -0.3 is 19.7 Å². The Hall–Kier alpha value is -4.57. The number of nitrogens with one attached hydrogen (secondary N) is 1. The van der Waals surface area contributed by atoms with E-state index in [1.54, 1.807) is 29.2 Å². The van der Waals surface area contributed by atoms with Crippen LogP contribution in [-0.2, 0) is 27.3 Å². The lowest BCUT2D eigenvalue weighted by molar-refractivity contribution is -0.136. The fraction of sp³-hybridized carbons (Fsp3) is 0.273. The molecule has 0 atom stereocenters. The molecule has 0 bridgehead atoms. The fourth-order valence-electron chi connectivity index (χ4n) is 5.07. The molecule has 0 unspecified atom stereocenters. The summed E-state index contributed by atoms with van der Waals surface area (Å²) in [5.74, 6) is -0.120. The predicted molar refractivity (Wildman–Crippen MR) is 166 cm³/mol. The minimum Gasteiger partial charge on any atom is -0.493 e. The van der Waals surface area contributed by atoms with Crippen molar-refractivity contribution in [2.75, 3.05) is 32.1 Å². The van der Waals surface area contributed by atoms with Gasteiger partial charge in [0.2, 0.25) is 5.91 Å². The number of thioether (sulfide) groups is 1. The van der Waals surface area contributed by atoms with Crippen molar-refractivity contribution in [1.29, 1.82) is 0 Å². The first-order valence-corrected chi connectivity index (χ1v) is 14.8. The van der Waals surface area contributed by atoms with Crippen molar-refractivity contribution in [2.45, 2.75) is 32.7 Å². The largest absolute Gasteiger partial charge is 0.493 e. The average molecular weight is 600 g/mol. The van der Waals surface area contributed by atoms with E-state index in [9.17, 15) is 19.2 Å². The van der Waals surface area contributed by atoms with E-state index in [1.807, 2.05) is 42.5 Å². The van der Waals surface area contributed by atoms with Crippen LogP contribution in [0.25, 0.3) is 6.08 Å². The summed E-state index contributed by atoms with van der Waals surface area (Å²) < 4.78 is 11.2. The number of ether oxygens (including phenoxy) is 2. The van der Waals surface area contributed by atoms with Crippen LogP contribution >= 0.6 is 11.8 Å². The summed E-state index contributed by atoms with van der Waals surface area (Å²) in [6, 6.07) is 20.6. The van der Waals surface area contributed by atoms with Crippen molar-refractivity contribution in [3.05, 3.63) is 93.9 Å². The number of para-hydroxylation sites is 1. The van der Waals surface area contributed by atoms with E-state index in [-0.39, 0.29) is 35.8 Å². The van der Waals surface area contributed by atoms with Crippen molar-refractivity contribution >= 4 is 46.5 Å². The van der Waals surface area contributed by atoms with Crippen LogP contribution in [0.1, 0.15) is 42.0 Å². The Balaban J connectivity index is 1.20. The number of hydrogen-bond donors (Lipinski definition) is 1. The van der Waals surface area contributed by atoms with Crippen molar-refractivity contribution in [3.8, 4) is 11.5 Å². The van der Waals surface area contributed by atoms with E-state index in [4.69, 9.17) is 9.47 Å². The highest BCUT2D eigenvalue weighted by atomic mass is 32.2. The van der Waals surface area contributed by atoms with Crippen LogP contribution in [0.2, 0.25) is 0 Å². The SMILES string of the molecule is COc1cc(/C=C2\SC(=O)N(CC(=O)N3CCc4ccccc4C3)C2=O)ccc1OCC(=O)Nc1ccccc1C(C)C. The summed E-state index contributed by atoms with van der Waals surface area (Å²) in [5.41, 5.74) is 4.66. The predicted octanol–water partition coefficient (Wildman–Crippen LogP) is 5.46. The zero-order valence-corrected chi connectivity index (χ0v) is 25.1. The number of carbonyl (C=O) groups excluding carboxylic acids is 4. The number of rotatable bonds is 9. The molecule has 4 amide bonds. The van der Waals surface area contributed by atoms with Crippen LogP contribution in [0.4, 0.5) is 10.5 Å². The van der Waals surface area contributed by atoms with Gasteiger partial charge in [0.15, 0.2) is 18.1 Å². The van der Waals surface area contributed by atoms with Crippen LogP contribution in [-0.4, -0.2) is 59.6 Å². The number of fused-ring (bicyclic) bond motifs is 1. The molecule has 0 aliphatic carbocycles. The second-order valence-corrected chi connectivity index (χ2v) is 11.6. The fourth-order valence-corrected chi connectivity index (χ4v) is 5.91. The first-order valence-electron chi connectivity index (χ1n) is 14.0. The molecule has 222 valence electrons. The van der Waals surface area contributed by atoms with Crippen LogP contribution in [0.3, 0.4) is 0 Å². The molecular weight excluding hydrogens is 566 g/mol. The van der Waals surface area contributed by atoms with Gasteiger partial charge in [-0.05, 0) is 70.6 Å². The van der Waals surface area contributed by atoms with Crippen molar-refractivity contribution in [1.82, 2.24) is 9.80 Å². The minimum atomic E-state index is -0.515. The Morgan fingerprint density at radius 2 is 1.74 bits per heavy atom. The van der Waals surface area contributed by atoms with E-state index >= 15 is 0 Å². The first kappa shape index (κ1) is 29.9. The van der Waals surface area contributed by atoms with E-state index in [0.717, 1.165) is 39.9 Å². The van der Waals surface area contributed by atoms with Gasteiger partial charge in [-0.15, -0.1) is 0 Å². The molecular formula is C33H33N3O6S. The highest BCUT2D eigenvalue weighted by Gasteiger charge is 2.37. The van der Waals surface area contributed by atoms with Crippen molar-refractivity contribution in [2.24, 2.45) is 0 Å². The highest BCUT2D eigenvalue weighted by molar-refractivity contribution is 8.18. The highest BCUT2D eigenvalue weighted by Crippen LogP contribution is 2.35. The topological polar surface area (TPSA) is 105 Å². The smallest absolute Gasteiger partial charge is 0.294 e. The molecule has 0 aromatic heterocycles. The van der Waals surface area contributed by atoms with Gasteiger partial charge in [-0.2, -0.15) is 0 Å². The van der Waals surface area contributed by atoms with Gasteiger partial charge in [-0.25, -0.2) is 0 Å². The number of carbonyl (C=O) groups is 4. The first-order chi connectivity index (χ1) is 20.7. The molecule has 0 saturated carbocycles. The molecule has 3 aromatic rings. The summed E-state index contributed by atoms with van der Waals surface area (Å²) in [6.45, 7) is 4.60. The normalized spacial score (nSPS) is 15.6. The van der Waals surface area contributed by atoms with E-state index in [1.165, 1.54) is 12.7 Å². The van der Waals surface area contributed by atoms with Crippen molar-refractivity contribution < 1.29 is 28.7 Å². The van der Waals surface area contributed by atoms with Crippen LogP contribution in [0.15, 0.2) is 71.6 Å². The third kappa shape index (κ3) is 6.91. The van der Waals surface area contributed by atoms with Gasteiger partial charge in [0.25, 0.3) is 17.1 Å². The average Bonchev–Trinajstić information content (AvgIpc) is 3.27. The van der Waals surface area contributed by atoms with Crippen LogP contribution in [0.5, 0.6) is 11.5 Å². The number of hydrogen-bond acceptors (Lipinski definition) is 7. The third-order valence-electron chi connectivity index (χ3n) is 7.35. The summed E-state index contributed by atoms with van der Waals surface area (Å²) >= 11 is 0.792. The molecule has 0 spiro atoms. The van der Waals surface area contributed by atoms with Gasteiger partial charge in [0, 0.05) is 18.8 Å². The number of benzene rings is 3. The van der Waals surface area contributed by atoms with Gasteiger partial charge in [-0.3, -0.25) is 24.1 Å². The van der Waals surface area contributed by atoms with Crippen molar-refractivity contribution in [3.63, 3.8) is 0 Å². The maximum atomic E-state index is 13.1. The second-order valence-electron chi connectivity index (χ2n) is 10.6. The molecule has 5 rings (SSSR count). The van der Waals surface area contributed by atoms with Gasteiger partial charge in [0.05, 0.1) is 12.0 Å². The van der Waals surface area contributed by atoms with Crippen LogP contribution < -0.4 is 14.8 Å². The summed E-state index contributed by atoms with van der Waals surface area (Å²) in [7, 11) is 1.48. The molecule has 2 aliphatic heterocycles. The zero-order chi connectivity index (χ0) is 30.5. The van der Waals surface area contributed by atoms with Gasteiger partial charge in [0.1, 0.15) is 6.54 Å². The molecule has 1 saturated heterocycles. The summed E-state index contributed by atoms with van der Waals surface area (Å²) in [6.07, 6.45) is 2.32. The third-order valence-corrected chi connectivity index (χ3v) is 8.26. The lowest BCUT2D eigenvalue weighted by Gasteiger charge is -2.29. The number of imide groups is 1. The van der Waals surface area contributed by atoms with Crippen LogP contribution in [0, 0.1) is 0 Å². The lowest BCUT2D eigenvalue weighted by atomic mass is 10.00. The lowest BCUT2D eigenvalue weighted by Crippen LogP contribution is -2.44. The van der Waals surface area contributed by atoms with Gasteiger partial charge >= 0.3 is 0 Å². The number of amides is 4. The Morgan fingerprint density at radius 3 is 2.51 bits per heavy atom. The maximum Gasteiger partial charge on any atom is 0.294 e. The molecule has 2 heterocycles. The molecule has 10 heteroatoms. The molecule has 3 aromatic carbocycles. The summed E-state index contributed by atoms with van der Waals surface area (Å²) in [4.78, 5) is 54.3. The van der Waals surface area contributed by atoms with E-state index < -0.39 is 11.1 Å². The molecule has 1 fully saturated rings. The molecule has 9 nitrogen and oxygen atoms in total. The Bertz CT molecular complexity index is 1600. The zero-order valence-electron chi connectivity index (χ0n) is 24.3. The van der Waals surface area contributed by atoms with Gasteiger partial charge in [-0.1, -0.05) is 62.4 Å². The second kappa shape index (κ2) is 13.2. The Morgan fingerprint density at radius 1 is 1.00 bits per heavy atom. The molecule has 1 N–H and O–H groups in total. The molecule has 0 radical (unpaired) electrons. The Kier molecular flexibility index (Phi) is 9.16. The molecule has 43 heavy (non-hydrogen) atoms. The molecule has 2 aliphatic rings. The maximum absolute atomic E-state index is 13.1. The quantitative estimate of drug-likeness (QED) is 0.326. The number of nitrogens with zero attached hydrogens (tertiary/aromatic N) is 2. The number of methoxy groups -OCH3 is 1. The van der Waals surface area contributed by atoms with E-state index in [2.05, 4.69) is 25.2 Å². The Labute approximate surface area is 254 Å².